The summed E-state index contributed by atoms with van der Waals surface area (Å²) in [6.45, 7) is 4.30. The average Bonchev–Trinajstić information content (AvgIpc) is 2.29. The average molecular weight is 239 g/mol. The highest BCUT2D eigenvalue weighted by molar-refractivity contribution is 8.16. The standard InChI is InChI=1S/C11H14NOPS/c1-3-13-14(15,10(2)9-12)11-7-5-4-6-8-11/h4-8,10H,3H2,1-2H3/t10-,14-/m1/s1. The van der Waals surface area contributed by atoms with Crippen molar-refractivity contribution in [2.75, 3.05) is 6.61 Å². The maximum atomic E-state index is 8.99. The summed E-state index contributed by atoms with van der Waals surface area (Å²) < 4.78 is 5.67. The fourth-order valence-electron chi connectivity index (χ4n) is 1.31. The van der Waals surface area contributed by atoms with Crippen molar-refractivity contribution in [3.63, 3.8) is 0 Å². The van der Waals surface area contributed by atoms with E-state index < -0.39 is 6.26 Å². The van der Waals surface area contributed by atoms with Crippen molar-refractivity contribution in [3.8, 4) is 6.07 Å². The van der Waals surface area contributed by atoms with Crippen molar-refractivity contribution < 1.29 is 4.52 Å². The topological polar surface area (TPSA) is 33.0 Å². The Kier molecular flexibility index (Phi) is 4.47. The highest BCUT2D eigenvalue weighted by atomic mass is 32.4. The Hall–Kier alpha value is -0.680. The zero-order chi connectivity index (χ0) is 11.3. The summed E-state index contributed by atoms with van der Waals surface area (Å²) in [6.07, 6.45) is -2.19. The summed E-state index contributed by atoms with van der Waals surface area (Å²) in [4.78, 5) is 0. The maximum Gasteiger partial charge on any atom is 0.111 e. The minimum atomic E-state index is -2.19. The molecule has 0 aromatic heterocycles. The second-order valence-electron chi connectivity index (χ2n) is 3.16. The van der Waals surface area contributed by atoms with E-state index in [0.717, 1.165) is 5.30 Å². The minimum Gasteiger partial charge on any atom is -0.345 e. The highest BCUT2D eigenvalue weighted by Gasteiger charge is 2.27. The molecule has 0 fully saturated rings. The van der Waals surface area contributed by atoms with Crippen LogP contribution in [0.25, 0.3) is 0 Å². The first kappa shape index (κ1) is 12.4. The lowest BCUT2D eigenvalue weighted by Gasteiger charge is -2.24. The van der Waals surface area contributed by atoms with Crippen molar-refractivity contribution in [2.24, 2.45) is 0 Å². The molecule has 2 atom stereocenters. The molecule has 0 saturated carbocycles. The van der Waals surface area contributed by atoms with Gasteiger partial charge in [0.25, 0.3) is 0 Å². The molecule has 0 aliphatic carbocycles. The third-order valence-corrected chi connectivity index (χ3v) is 6.83. The van der Waals surface area contributed by atoms with E-state index in [0.29, 0.717) is 6.61 Å². The van der Waals surface area contributed by atoms with Crippen LogP contribution in [0, 0.1) is 11.3 Å². The van der Waals surface area contributed by atoms with E-state index in [1.807, 2.05) is 44.2 Å². The van der Waals surface area contributed by atoms with Gasteiger partial charge in [-0.2, -0.15) is 5.26 Å². The summed E-state index contributed by atoms with van der Waals surface area (Å²) in [5.74, 6) is 0. The summed E-state index contributed by atoms with van der Waals surface area (Å²) in [7, 11) is 0. The number of hydrogen-bond acceptors (Lipinski definition) is 3. The second-order valence-corrected chi connectivity index (χ2v) is 7.53. The number of hydrogen-bond donors (Lipinski definition) is 0. The van der Waals surface area contributed by atoms with Crippen LogP contribution in [0.2, 0.25) is 0 Å². The SMILES string of the molecule is CCO[P@](=S)(c1ccccc1)[C@H](C)C#N. The van der Waals surface area contributed by atoms with Crippen LogP contribution < -0.4 is 5.30 Å². The van der Waals surface area contributed by atoms with Crippen LogP contribution in [0.1, 0.15) is 13.8 Å². The molecule has 0 bridgehead atoms. The number of nitrogens with zero attached hydrogens (tertiary/aromatic N) is 1. The zero-order valence-electron chi connectivity index (χ0n) is 8.88. The molecule has 4 heteroatoms. The third kappa shape index (κ3) is 2.66. The summed E-state index contributed by atoms with van der Waals surface area (Å²) in [5.41, 5.74) is -0.241. The van der Waals surface area contributed by atoms with Crippen molar-refractivity contribution in [3.05, 3.63) is 30.3 Å². The first-order chi connectivity index (χ1) is 7.15. The van der Waals surface area contributed by atoms with Crippen LogP contribution >= 0.6 is 6.26 Å². The van der Waals surface area contributed by atoms with Gasteiger partial charge in [0.05, 0.1) is 11.7 Å². The highest BCUT2D eigenvalue weighted by Crippen LogP contribution is 2.50. The molecule has 2 nitrogen and oxygen atoms in total. The van der Waals surface area contributed by atoms with Gasteiger partial charge in [-0.3, -0.25) is 0 Å². The van der Waals surface area contributed by atoms with Crippen LogP contribution in [0.5, 0.6) is 0 Å². The molecule has 0 aliphatic heterocycles. The lowest BCUT2D eigenvalue weighted by molar-refractivity contribution is 0.379. The van der Waals surface area contributed by atoms with E-state index in [1.54, 1.807) is 0 Å². The molecule has 1 aromatic rings. The van der Waals surface area contributed by atoms with Gasteiger partial charge >= 0.3 is 0 Å². The lowest BCUT2D eigenvalue weighted by atomic mass is 10.4. The van der Waals surface area contributed by atoms with E-state index in [4.69, 9.17) is 21.6 Å². The van der Waals surface area contributed by atoms with Crippen molar-refractivity contribution in [1.82, 2.24) is 0 Å². The molecule has 0 unspecified atom stereocenters. The predicted molar refractivity (Wildman–Crippen MR) is 67.1 cm³/mol. The molecule has 0 N–H and O–H groups in total. The summed E-state index contributed by atoms with van der Waals surface area (Å²) in [6, 6.07) is 11.9. The normalized spacial score (nSPS) is 16.3. The maximum absolute atomic E-state index is 8.99. The number of rotatable bonds is 4. The van der Waals surface area contributed by atoms with Crippen molar-refractivity contribution in [1.29, 1.82) is 5.26 Å². The van der Waals surface area contributed by atoms with Crippen LogP contribution in [-0.2, 0) is 16.3 Å². The molecule has 0 aliphatic rings. The Morgan fingerprint density at radius 1 is 1.47 bits per heavy atom. The zero-order valence-corrected chi connectivity index (χ0v) is 10.6. The van der Waals surface area contributed by atoms with Gasteiger partial charge in [0, 0.05) is 11.9 Å². The number of benzene rings is 1. The van der Waals surface area contributed by atoms with Gasteiger partial charge in [-0.1, -0.05) is 42.1 Å². The molecule has 15 heavy (non-hydrogen) atoms. The lowest BCUT2D eigenvalue weighted by Crippen LogP contribution is -2.15. The Balaban J connectivity index is 3.14. The number of nitriles is 1. The van der Waals surface area contributed by atoms with E-state index in [-0.39, 0.29) is 5.66 Å². The molecule has 1 rings (SSSR count). The molecule has 0 saturated heterocycles. The van der Waals surface area contributed by atoms with E-state index >= 15 is 0 Å². The molecule has 80 valence electrons. The largest absolute Gasteiger partial charge is 0.345 e. The predicted octanol–water partition coefficient (Wildman–Crippen LogP) is 2.65. The first-order valence-corrected chi connectivity index (χ1v) is 7.63. The van der Waals surface area contributed by atoms with Gasteiger partial charge in [-0.15, -0.1) is 0 Å². The molecule has 1 aromatic carbocycles. The van der Waals surface area contributed by atoms with Gasteiger partial charge < -0.3 is 4.52 Å². The molecular formula is C11H14NOPS. The monoisotopic (exact) mass is 239 g/mol. The first-order valence-electron chi connectivity index (χ1n) is 4.84. The smallest absolute Gasteiger partial charge is 0.111 e. The summed E-state index contributed by atoms with van der Waals surface area (Å²) in [5, 5.41) is 9.97. The third-order valence-electron chi connectivity index (χ3n) is 2.13. The van der Waals surface area contributed by atoms with Crippen LogP contribution in [0.4, 0.5) is 0 Å². The Bertz CT molecular complexity index is 399. The van der Waals surface area contributed by atoms with E-state index in [9.17, 15) is 0 Å². The molecule has 0 heterocycles. The van der Waals surface area contributed by atoms with Crippen molar-refractivity contribution >= 4 is 23.4 Å². The second kappa shape index (κ2) is 5.42. The molecule has 0 amide bonds. The Labute approximate surface area is 96.0 Å². The van der Waals surface area contributed by atoms with Crippen LogP contribution in [0.15, 0.2) is 30.3 Å². The van der Waals surface area contributed by atoms with E-state index in [2.05, 4.69) is 6.07 Å². The quantitative estimate of drug-likeness (QED) is 0.757. The fraction of sp³-hybridized carbons (Fsp3) is 0.364. The Morgan fingerprint density at radius 2 is 2.07 bits per heavy atom. The summed E-state index contributed by atoms with van der Waals surface area (Å²) >= 11 is 5.56. The molecular weight excluding hydrogens is 225 g/mol. The van der Waals surface area contributed by atoms with Crippen LogP contribution in [0.3, 0.4) is 0 Å². The van der Waals surface area contributed by atoms with Gasteiger partial charge in [-0.25, -0.2) is 0 Å². The molecule has 0 radical (unpaired) electrons. The minimum absolute atomic E-state index is 0.241. The molecule has 0 spiro atoms. The van der Waals surface area contributed by atoms with Gasteiger partial charge in [0.2, 0.25) is 0 Å². The van der Waals surface area contributed by atoms with E-state index in [1.165, 1.54) is 0 Å². The fourth-order valence-corrected chi connectivity index (χ4v) is 4.08. The van der Waals surface area contributed by atoms with Gasteiger partial charge in [-0.05, 0) is 13.8 Å². The van der Waals surface area contributed by atoms with Crippen LogP contribution in [-0.4, -0.2) is 12.3 Å². The Morgan fingerprint density at radius 3 is 2.53 bits per heavy atom. The van der Waals surface area contributed by atoms with Gasteiger partial charge in [0.1, 0.15) is 6.26 Å². The van der Waals surface area contributed by atoms with Gasteiger partial charge in [0.15, 0.2) is 0 Å². The van der Waals surface area contributed by atoms with Crippen molar-refractivity contribution in [2.45, 2.75) is 19.5 Å².